The first kappa shape index (κ1) is 13.2. The largest absolute Gasteiger partial charge is 0.367 e. The zero-order chi connectivity index (χ0) is 13.9. The van der Waals surface area contributed by atoms with E-state index in [1.807, 2.05) is 12.1 Å². The van der Waals surface area contributed by atoms with Crippen molar-refractivity contribution < 1.29 is 4.79 Å². The summed E-state index contributed by atoms with van der Waals surface area (Å²) in [7, 11) is 0. The van der Waals surface area contributed by atoms with E-state index in [-0.39, 0.29) is 5.92 Å². The molecule has 0 aromatic heterocycles. The molecule has 20 heavy (non-hydrogen) atoms. The summed E-state index contributed by atoms with van der Waals surface area (Å²) in [5.41, 5.74) is 2.26. The second-order valence-electron chi connectivity index (χ2n) is 5.87. The summed E-state index contributed by atoms with van der Waals surface area (Å²) in [5, 5.41) is 8.72. The molecule has 0 bridgehead atoms. The Morgan fingerprint density at radius 3 is 2.70 bits per heavy atom. The molecule has 0 amide bonds. The maximum atomic E-state index is 12.1. The van der Waals surface area contributed by atoms with Crippen molar-refractivity contribution in [2.45, 2.75) is 44.6 Å². The van der Waals surface area contributed by atoms with Gasteiger partial charge in [-0.2, -0.15) is 5.26 Å². The highest BCUT2D eigenvalue weighted by atomic mass is 16.1. The number of benzene rings is 1. The van der Waals surface area contributed by atoms with Gasteiger partial charge in [0.05, 0.1) is 12.5 Å². The molecule has 2 fully saturated rings. The number of rotatable bonds is 2. The highest BCUT2D eigenvalue weighted by Crippen LogP contribution is 2.36. The van der Waals surface area contributed by atoms with E-state index in [0.717, 1.165) is 24.9 Å². The van der Waals surface area contributed by atoms with Crippen LogP contribution in [0.2, 0.25) is 0 Å². The monoisotopic (exact) mass is 268 g/mol. The molecular weight excluding hydrogens is 248 g/mol. The quantitative estimate of drug-likeness (QED) is 0.828. The molecule has 0 radical (unpaired) electrons. The van der Waals surface area contributed by atoms with Crippen molar-refractivity contribution in [1.29, 1.82) is 5.26 Å². The van der Waals surface area contributed by atoms with E-state index < -0.39 is 0 Å². The van der Waals surface area contributed by atoms with Gasteiger partial charge < -0.3 is 4.90 Å². The number of anilines is 1. The van der Waals surface area contributed by atoms with Crippen LogP contribution in [0.15, 0.2) is 24.3 Å². The molecule has 1 aliphatic carbocycles. The number of ketones is 1. The van der Waals surface area contributed by atoms with Crippen molar-refractivity contribution in [2.24, 2.45) is 5.92 Å². The second-order valence-corrected chi connectivity index (χ2v) is 5.87. The Labute approximate surface area is 120 Å². The predicted molar refractivity (Wildman–Crippen MR) is 78.5 cm³/mol. The van der Waals surface area contributed by atoms with Crippen LogP contribution in [0.1, 0.15) is 37.7 Å². The summed E-state index contributed by atoms with van der Waals surface area (Å²) >= 11 is 0. The first-order chi connectivity index (χ1) is 9.79. The number of carbonyl (C=O) groups excluding carboxylic acids is 1. The van der Waals surface area contributed by atoms with Crippen molar-refractivity contribution >= 4 is 11.5 Å². The molecular formula is C17H20N2O. The molecule has 104 valence electrons. The lowest BCUT2D eigenvalue weighted by Crippen LogP contribution is -2.51. The summed E-state index contributed by atoms with van der Waals surface area (Å²) in [6, 6.07) is 10.9. The zero-order valence-electron chi connectivity index (χ0n) is 11.7. The lowest BCUT2D eigenvalue weighted by molar-refractivity contribution is -0.125. The summed E-state index contributed by atoms with van der Waals surface area (Å²) in [6.07, 6.45) is 5.77. The maximum Gasteiger partial charge on any atom is 0.139 e. The van der Waals surface area contributed by atoms with Gasteiger partial charge in [-0.15, -0.1) is 0 Å². The van der Waals surface area contributed by atoms with Crippen LogP contribution < -0.4 is 4.90 Å². The van der Waals surface area contributed by atoms with Gasteiger partial charge in [0.25, 0.3) is 0 Å². The Kier molecular flexibility index (Phi) is 3.73. The molecule has 1 aromatic carbocycles. The fourth-order valence-electron chi connectivity index (χ4n) is 3.66. The standard InChI is InChI=1S/C17H20N2O/c18-11-9-13-5-7-14(8-6-13)19-12-10-17(20)15-3-1-2-4-16(15)19/h5-8,15-16H,1-4,9-10,12H2. The third-order valence-corrected chi connectivity index (χ3v) is 4.69. The van der Waals surface area contributed by atoms with Gasteiger partial charge >= 0.3 is 0 Å². The fraction of sp³-hybridized carbons (Fsp3) is 0.529. The highest BCUT2D eigenvalue weighted by molar-refractivity contribution is 5.84. The van der Waals surface area contributed by atoms with Crippen LogP contribution >= 0.6 is 0 Å². The predicted octanol–water partition coefficient (Wildman–Crippen LogP) is 3.09. The first-order valence-corrected chi connectivity index (χ1v) is 7.55. The Bertz CT molecular complexity index is 529. The van der Waals surface area contributed by atoms with Gasteiger partial charge in [0, 0.05) is 30.6 Å². The van der Waals surface area contributed by atoms with E-state index in [0.29, 0.717) is 24.7 Å². The molecule has 2 aliphatic rings. The van der Waals surface area contributed by atoms with Crippen LogP contribution in [0.4, 0.5) is 5.69 Å². The molecule has 1 heterocycles. The Morgan fingerprint density at radius 1 is 1.20 bits per heavy atom. The number of hydrogen-bond acceptors (Lipinski definition) is 3. The maximum absolute atomic E-state index is 12.1. The van der Waals surface area contributed by atoms with Crippen molar-refractivity contribution in [2.75, 3.05) is 11.4 Å². The molecule has 1 aliphatic heterocycles. The molecule has 2 unspecified atom stereocenters. The summed E-state index contributed by atoms with van der Waals surface area (Å²) in [4.78, 5) is 14.5. The van der Waals surface area contributed by atoms with Crippen molar-refractivity contribution in [1.82, 2.24) is 0 Å². The number of Topliss-reactive ketones (excluding diaryl/α,β-unsaturated/α-hetero) is 1. The van der Waals surface area contributed by atoms with E-state index in [1.165, 1.54) is 18.5 Å². The van der Waals surface area contributed by atoms with Crippen LogP contribution in [0.25, 0.3) is 0 Å². The van der Waals surface area contributed by atoms with Gasteiger partial charge in [-0.05, 0) is 30.5 Å². The van der Waals surface area contributed by atoms with Crippen LogP contribution in [-0.2, 0) is 11.2 Å². The molecule has 1 saturated carbocycles. The van der Waals surface area contributed by atoms with Crippen molar-refractivity contribution in [3.05, 3.63) is 29.8 Å². The SMILES string of the molecule is N#CCc1ccc(N2CCC(=O)C3CCCCC32)cc1. The molecule has 1 saturated heterocycles. The lowest BCUT2D eigenvalue weighted by Gasteiger charge is -2.44. The molecule has 2 atom stereocenters. The minimum Gasteiger partial charge on any atom is -0.367 e. The highest BCUT2D eigenvalue weighted by Gasteiger charge is 2.38. The van der Waals surface area contributed by atoms with E-state index in [2.05, 4.69) is 23.1 Å². The van der Waals surface area contributed by atoms with E-state index >= 15 is 0 Å². The molecule has 3 heteroatoms. The molecule has 0 N–H and O–H groups in total. The first-order valence-electron chi connectivity index (χ1n) is 7.55. The Balaban J connectivity index is 1.81. The fourth-order valence-corrected chi connectivity index (χ4v) is 3.66. The van der Waals surface area contributed by atoms with Crippen molar-refractivity contribution in [3.8, 4) is 6.07 Å². The zero-order valence-corrected chi connectivity index (χ0v) is 11.7. The van der Waals surface area contributed by atoms with Crippen LogP contribution in [0.5, 0.6) is 0 Å². The molecule has 3 rings (SSSR count). The minimum atomic E-state index is 0.247. The minimum absolute atomic E-state index is 0.247. The number of hydrogen-bond donors (Lipinski definition) is 0. The number of nitrogens with zero attached hydrogens (tertiary/aromatic N) is 2. The molecule has 0 spiro atoms. The summed E-state index contributed by atoms with van der Waals surface area (Å²) in [6.45, 7) is 0.845. The molecule has 3 nitrogen and oxygen atoms in total. The van der Waals surface area contributed by atoms with Gasteiger partial charge in [-0.25, -0.2) is 0 Å². The van der Waals surface area contributed by atoms with E-state index in [9.17, 15) is 4.79 Å². The Hall–Kier alpha value is -1.82. The normalized spacial score (nSPS) is 25.9. The van der Waals surface area contributed by atoms with Crippen molar-refractivity contribution in [3.63, 3.8) is 0 Å². The van der Waals surface area contributed by atoms with Gasteiger partial charge in [0.2, 0.25) is 0 Å². The number of nitriles is 1. The van der Waals surface area contributed by atoms with Crippen LogP contribution in [0.3, 0.4) is 0 Å². The summed E-state index contributed by atoms with van der Waals surface area (Å²) in [5.74, 6) is 0.711. The van der Waals surface area contributed by atoms with Gasteiger partial charge in [0.1, 0.15) is 5.78 Å². The topological polar surface area (TPSA) is 44.1 Å². The Morgan fingerprint density at radius 2 is 1.95 bits per heavy atom. The third-order valence-electron chi connectivity index (χ3n) is 4.69. The summed E-state index contributed by atoms with van der Waals surface area (Å²) < 4.78 is 0. The smallest absolute Gasteiger partial charge is 0.139 e. The van der Waals surface area contributed by atoms with E-state index in [4.69, 9.17) is 5.26 Å². The van der Waals surface area contributed by atoms with Gasteiger partial charge in [0.15, 0.2) is 0 Å². The average Bonchev–Trinajstić information content (AvgIpc) is 2.49. The van der Waals surface area contributed by atoms with Gasteiger partial charge in [-0.1, -0.05) is 25.0 Å². The van der Waals surface area contributed by atoms with Crippen LogP contribution in [-0.4, -0.2) is 18.4 Å². The van der Waals surface area contributed by atoms with Gasteiger partial charge in [-0.3, -0.25) is 4.79 Å². The number of piperidine rings is 1. The van der Waals surface area contributed by atoms with Crippen LogP contribution in [0, 0.1) is 17.2 Å². The third kappa shape index (κ3) is 2.43. The lowest BCUT2D eigenvalue weighted by atomic mass is 9.77. The average molecular weight is 268 g/mol. The van der Waals surface area contributed by atoms with E-state index in [1.54, 1.807) is 0 Å². The second kappa shape index (κ2) is 5.66. The molecule has 1 aromatic rings. The number of fused-ring (bicyclic) bond motifs is 1. The number of carbonyl (C=O) groups is 1.